The number of aromatic nitrogens is 1. The number of pyridine rings is 1. The minimum atomic E-state index is -0.0406. The Morgan fingerprint density at radius 1 is 1.11 bits per heavy atom. The molecule has 2 atom stereocenters. The summed E-state index contributed by atoms with van der Waals surface area (Å²) in [5, 5.41) is 0.976. The van der Waals surface area contributed by atoms with Crippen LogP contribution in [-0.4, -0.2) is 52.3 Å². The Balaban J connectivity index is 1.38. The number of carbonyl (C=O) groups excluding carboxylic acids is 2. The van der Waals surface area contributed by atoms with Gasteiger partial charge in [0.15, 0.2) is 0 Å². The van der Waals surface area contributed by atoms with Gasteiger partial charge in [-0.05, 0) is 43.7 Å². The molecule has 0 spiro atoms. The van der Waals surface area contributed by atoms with E-state index < -0.39 is 0 Å². The van der Waals surface area contributed by atoms with Gasteiger partial charge in [0, 0.05) is 37.3 Å². The molecule has 4 aliphatic rings. The van der Waals surface area contributed by atoms with Crippen molar-refractivity contribution in [2.75, 3.05) is 19.6 Å². The molecule has 140 valence electrons. The molecule has 2 bridgehead atoms. The molecule has 0 radical (unpaired) electrons. The van der Waals surface area contributed by atoms with Gasteiger partial charge in [0.1, 0.15) is 0 Å². The summed E-state index contributed by atoms with van der Waals surface area (Å²) in [6.45, 7) is 2.09. The molecule has 2 aromatic rings. The molecule has 6 rings (SSSR count). The number of hydrogen-bond acceptors (Lipinski definition) is 3. The van der Waals surface area contributed by atoms with Crippen molar-refractivity contribution in [1.29, 1.82) is 0 Å². The number of fused-ring (bicyclic) bond motifs is 5. The lowest BCUT2D eigenvalue weighted by atomic mass is 9.83. The van der Waals surface area contributed by atoms with Crippen molar-refractivity contribution in [3.8, 4) is 0 Å². The number of para-hydroxylation sites is 1. The van der Waals surface area contributed by atoms with Gasteiger partial charge in [-0.1, -0.05) is 24.6 Å². The smallest absolute Gasteiger partial charge is 0.255 e. The molecular formula is C22H25N3O2. The van der Waals surface area contributed by atoms with Crippen molar-refractivity contribution in [3.63, 3.8) is 0 Å². The molecule has 4 fully saturated rings. The maximum Gasteiger partial charge on any atom is 0.255 e. The predicted molar refractivity (Wildman–Crippen MR) is 103 cm³/mol. The summed E-state index contributed by atoms with van der Waals surface area (Å²) >= 11 is 0. The van der Waals surface area contributed by atoms with Crippen LogP contribution in [0.5, 0.6) is 0 Å². The first-order valence-electron chi connectivity index (χ1n) is 10.1. The lowest BCUT2D eigenvalue weighted by molar-refractivity contribution is -0.141. The van der Waals surface area contributed by atoms with Crippen LogP contribution in [0.25, 0.3) is 10.9 Å². The highest BCUT2D eigenvalue weighted by Gasteiger charge is 2.43. The summed E-state index contributed by atoms with van der Waals surface area (Å²) in [4.78, 5) is 34.5. The van der Waals surface area contributed by atoms with Crippen LogP contribution in [0.2, 0.25) is 0 Å². The van der Waals surface area contributed by atoms with Gasteiger partial charge in [-0.15, -0.1) is 0 Å². The Morgan fingerprint density at radius 2 is 1.96 bits per heavy atom. The third kappa shape index (κ3) is 2.99. The van der Waals surface area contributed by atoms with E-state index in [4.69, 9.17) is 0 Å². The lowest BCUT2D eigenvalue weighted by Gasteiger charge is -2.40. The molecule has 1 saturated carbocycles. The summed E-state index contributed by atoms with van der Waals surface area (Å²) in [6, 6.07) is 9.94. The first-order chi connectivity index (χ1) is 13.2. The molecule has 1 aliphatic carbocycles. The third-order valence-corrected chi connectivity index (χ3v) is 6.60. The second-order valence-corrected chi connectivity index (χ2v) is 8.34. The zero-order chi connectivity index (χ0) is 18.4. The van der Waals surface area contributed by atoms with Crippen LogP contribution in [0.15, 0.2) is 36.5 Å². The average molecular weight is 363 g/mol. The van der Waals surface area contributed by atoms with Crippen molar-refractivity contribution < 1.29 is 9.59 Å². The molecule has 5 heteroatoms. The van der Waals surface area contributed by atoms with E-state index in [1.54, 1.807) is 6.20 Å². The largest absolute Gasteiger partial charge is 0.337 e. The molecule has 0 N–H and O–H groups in total. The summed E-state index contributed by atoms with van der Waals surface area (Å²) in [5.41, 5.74) is 1.51. The molecule has 3 saturated heterocycles. The van der Waals surface area contributed by atoms with Gasteiger partial charge in [-0.2, -0.15) is 0 Å². The molecule has 2 amide bonds. The summed E-state index contributed by atoms with van der Waals surface area (Å²) in [5.74, 6) is 0.900. The summed E-state index contributed by atoms with van der Waals surface area (Å²) in [7, 11) is 0. The fraction of sp³-hybridized carbons (Fsp3) is 0.500. The van der Waals surface area contributed by atoms with Crippen LogP contribution in [-0.2, 0) is 4.79 Å². The van der Waals surface area contributed by atoms with E-state index >= 15 is 0 Å². The number of rotatable bonds is 3. The zero-order valence-electron chi connectivity index (χ0n) is 15.5. The number of benzene rings is 1. The van der Waals surface area contributed by atoms with Crippen LogP contribution >= 0.6 is 0 Å². The van der Waals surface area contributed by atoms with E-state index in [-0.39, 0.29) is 23.8 Å². The van der Waals surface area contributed by atoms with E-state index in [0.29, 0.717) is 24.6 Å². The summed E-state index contributed by atoms with van der Waals surface area (Å²) in [6.07, 6.45) is 7.37. The zero-order valence-corrected chi connectivity index (χ0v) is 15.5. The van der Waals surface area contributed by atoms with Crippen LogP contribution in [0.1, 0.15) is 42.5 Å². The first-order valence-corrected chi connectivity index (χ1v) is 10.1. The molecule has 1 aromatic carbocycles. The van der Waals surface area contributed by atoms with Gasteiger partial charge in [0.25, 0.3) is 5.91 Å². The molecule has 1 aromatic heterocycles. The van der Waals surface area contributed by atoms with Crippen molar-refractivity contribution in [1.82, 2.24) is 14.8 Å². The fourth-order valence-electron chi connectivity index (χ4n) is 4.77. The van der Waals surface area contributed by atoms with E-state index in [1.165, 1.54) is 19.3 Å². The van der Waals surface area contributed by atoms with Crippen molar-refractivity contribution >= 4 is 22.7 Å². The number of nitrogens with zero attached hydrogens (tertiary/aromatic N) is 3. The molecule has 3 aliphatic heterocycles. The van der Waals surface area contributed by atoms with Crippen LogP contribution in [0, 0.1) is 11.8 Å². The Bertz CT molecular complexity index is 892. The van der Waals surface area contributed by atoms with Crippen molar-refractivity contribution in [2.24, 2.45) is 11.8 Å². The fourth-order valence-corrected chi connectivity index (χ4v) is 4.77. The normalized spacial score (nSPS) is 25.6. The van der Waals surface area contributed by atoms with Gasteiger partial charge >= 0.3 is 0 Å². The van der Waals surface area contributed by atoms with Crippen LogP contribution < -0.4 is 0 Å². The van der Waals surface area contributed by atoms with E-state index in [9.17, 15) is 9.59 Å². The Morgan fingerprint density at radius 3 is 2.78 bits per heavy atom. The molecule has 0 unspecified atom stereocenters. The molecule has 4 heterocycles. The van der Waals surface area contributed by atoms with E-state index in [1.807, 2.05) is 35.2 Å². The van der Waals surface area contributed by atoms with Crippen LogP contribution in [0.3, 0.4) is 0 Å². The van der Waals surface area contributed by atoms with Gasteiger partial charge in [-0.25, -0.2) is 0 Å². The average Bonchev–Trinajstić information content (AvgIpc) is 2.95. The quantitative estimate of drug-likeness (QED) is 0.842. The minimum Gasteiger partial charge on any atom is -0.337 e. The number of amides is 2. The SMILES string of the molecule is O=C(c1cnc2ccccc2c1)N1C[C@@H]2CC[C@H](C1)N(CC1CCC1)C2=O. The number of piperidine rings is 1. The van der Waals surface area contributed by atoms with Crippen molar-refractivity contribution in [2.45, 2.75) is 38.1 Å². The molecular weight excluding hydrogens is 338 g/mol. The van der Waals surface area contributed by atoms with Gasteiger partial charge < -0.3 is 9.80 Å². The van der Waals surface area contributed by atoms with Crippen molar-refractivity contribution in [3.05, 3.63) is 42.1 Å². The minimum absolute atomic E-state index is 0.00319. The highest BCUT2D eigenvalue weighted by atomic mass is 16.2. The van der Waals surface area contributed by atoms with E-state index in [0.717, 1.165) is 30.3 Å². The first kappa shape index (κ1) is 16.7. The molecule has 5 nitrogen and oxygen atoms in total. The van der Waals surface area contributed by atoms with Gasteiger partial charge in [0.2, 0.25) is 5.91 Å². The van der Waals surface area contributed by atoms with Crippen LogP contribution in [0.4, 0.5) is 0 Å². The number of hydrogen-bond donors (Lipinski definition) is 0. The lowest BCUT2D eigenvalue weighted by Crippen LogP contribution is -2.50. The van der Waals surface area contributed by atoms with Gasteiger partial charge in [0.05, 0.1) is 17.0 Å². The topological polar surface area (TPSA) is 53.5 Å². The maximum absolute atomic E-state index is 13.2. The third-order valence-electron chi connectivity index (χ3n) is 6.60. The monoisotopic (exact) mass is 363 g/mol. The molecule has 27 heavy (non-hydrogen) atoms. The number of carbonyl (C=O) groups is 2. The van der Waals surface area contributed by atoms with Gasteiger partial charge in [-0.3, -0.25) is 14.6 Å². The second-order valence-electron chi connectivity index (χ2n) is 8.34. The Kier molecular flexibility index (Phi) is 4.10. The Labute approximate surface area is 159 Å². The van der Waals surface area contributed by atoms with E-state index in [2.05, 4.69) is 9.88 Å². The highest BCUT2D eigenvalue weighted by molar-refractivity contribution is 5.97. The Hall–Kier alpha value is -2.43. The highest BCUT2D eigenvalue weighted by Crippen LogP contribution is 2.34. The predicted octanol–water partition coefficient (Wildman–Crippen LogP) is 3.10. The summed E-state index contributed by atoms with van der Waals surface area (Å²) < 4.78 is 0. The second kappa shape index (κ2) is 6.63. The standard InChI is InChI=1S/C22H25N3O2/c26-21(18-10-16-6-1-2-7-20(16)23-11-18)24-13-17-8-9-19(14-24)25(22(17)27)12-15-4-3-5-15/h1-2,6-7,10-11,15,17,19H,3-5,8-9,12-14H2/t17-,19+/m0/s1. The maximum atomic E-state index is 13.2.